The Morgan fingerprint density at radius 2 is 2.12 bits per heavy atom. The van der Waals surface area contributed by atoms with E-state index in [1.165, 1.54) is 11.4 Å². The minimum Gasteiger partial charge on any atom is -0.338 e. The van der Waals surface area contributed by atoms with E-state index in [-0.39, 0.29) is 23.4 Å². The fourth-order valence-corrected chi connectivity index (χ4v) is 4.10. The maximum Gasteiger partial charge on any atom is 0.243 e. The second kappa shape index (κ2) is 7.43. The van der Waals surface area contributed by atoms with Gasteiger partial charge in [0.2, 0.25) is 15.9 Å². The number of sulfonamides is 1. The molecule has 142 valence electrons. The molecule has 0 spiro atoms. The molecule has 1 aliphatic heterocycles. The molecule has 1 unspecified atom stereocenters. The number of aromatic nitrogens is 2. The normalized spacial score (nSPS) is 19.2. The van der Waals surface area contributed by atoms with Gasteiger partial charge in [-0.25, -0.2) is 8.42 Å². The number of likely N-dealkylation sites (N-methyl/N-ethyl adjacent to an activating group) is 1. The molecule has 1 aromatic carbocycles. The van der Waals surface area contributed by atoms with Crippen LogP contribution in [0.4, 0.5) is 0 Å². The lowest BCUT2D eigenvalue weighted by Gasteiger charge is -2.30. The van der Waals surface area contributed by atoms with Gasteiger partial charge in [0.05, 0.1) is 17.5 Å². The highest BCUT2D eigenvalue weighted by Gasteiger charge is 2.27. The van der Waals surface area contributed by atoms with Crippen molar-refractivity contribution < 1.29 is 12.9 Å². The van der Waals surface area contributed by atoms with Crippen molar-refractivity contribution in [2.75, 3.05) is 33.7 Å². The summed E-state index contributed by atoms with van der Waals surface area (Å²) < 4.78 is 32.1. The average molecular weight is 379 g/mol. The van der Waals surface area contributed by atoms with Gasteiger partial charge < -0.3 is 9.84 Å². The second-order valence-corrected chi connectivity index (χ2v) is 8.80. The van der Waals surface area contributed by atoms with Crippen molar-refractivity contribution in [3.8, 4) is 0 Å². The van der Waals surface area contributed by atoms with Gasteiger partial charge in [-0.3, -0.25) is 4.90 Å². The van der Waals surface area contributed by atoms with E-state index in [4.69, 9.17) is 4.52 Å². The predicted octanol–water partition coefficient (Wildman–Crippen LogP) is 1.08. The van der Waals surface area contributed by atoms with E-state index in [1.807, 2.05) is 27.0 Å². The number of piperazine rings is 1. The Hall–Kier alpha value is -1.81. The first-order valence-corrected chi connectivity index (χ1v) is 10.00. The van der Waals surface area contributed by atoms with Gasteiger partial charge in [-0.05, 0) is 44.2 Å². The maximum absolute atomic E-state index is 12.8. The molecule has 1 aromatic heterocycles. The van der Waals surface area contributed by atoms with Crippen molar-refractivity contribution in [1.82, 2.24) is 24.7 Å². The predicted molar refractivity (Wildman–Crippen MR) is 97.1 cm³/mol. The largest absolute Gasteiger partial charge is 0.338 e. The van der Waals surface area contributed by atoms with Crippen molar-refractivity contribution in [2.45, 2.75) is 31.3 Å². The summed E-state index contributed by atoms with van der Waals surface area (Å²) in [5, 5.41) is 7.33. The molecule has 8 nitrogen and oxygen atoms in total. The molecule has 1 saturated heterocycles. The van der Waals surface area contributed by atoms with Gasteiger partial charge in [0.25, 0.3) is 0 Å². The second-order valence-electron chi connectivity index (χ2n) is 6.75. The number of nitrogens with one attached hydrogen (secondary N) is 1. The van der Waals surface area contributed by atoms with Gasteiger partial charge in [-0.2, -0.15) is 9.29 Å². The fraction of sp³-hybridized carbons (Fsp3) is 0.529. The van der Waals surface area contributed by atoms with Crippen molar-refractivity contribution in [3.63, 3.8) is 0 Å². The highest BCUT2D eigenvalue weighted by atomic mass is 32.2. The zero-order chi connectivity index (χ0) is 18.9. The molecule has 26 heavy (non-hydrogen) atoms. The molecule has 2 aromatic rings. The van der Waals surface area contributed by atoms with Crippen LogP contribution in [0.3, 0.4) is 0 Å². The summed E-state index contributed by atoms with van der Waals surface area (Å²) in [4.78, 5) is 6.81. The maximum atomic E-state index is 12.8. The molecule has 1 atom stereocenters. The van der Waals surface area contributed by atoms with Crippen LogP contribution in [-0.2, 0) is 16.6 Å². The molecule has 1 aliphatic rings. The van der Waals surface area contributed by atoms with Gasteiger partial charge in [-0.15, -0.1) is 0 Å². The highest BCUT2D eigenvalue weighted by molar-refractivity contribution is 7.89. The molecular weight excluding hydrogens is 354 g/mol. The number of nitrogens with zero attached hydrogens (tertiary/aromatic N) is 4. The summed E-state index contributed by atoms with van der Waals surface area (Å²) >= 11 is 0. The lowest BCUT2D eigenvalue weighted by atomic mass is 10.1. The third-order valence-corrected chi connectivity index (χ3v) is 6.64. The molecule has 0 amide bonds. The first-order valence-electron chi connectivity index (χ1n) is 8.56. The highest BCUT2D eigenvalue weighted by Crippen LogP contribution is 2.21. The summed E-state index contributed by atoms with van der Waals surface area (Å²) in [5.74, 6) is 0.862. The zero-order valence-corrected chi connectivity index (χ0v) is 16.4. The van der Waals surface area contributed by atoms with Crippen LogP contribution in [0, 0.1) is 13.8 Å². The van der Waals surface area contributed by atoms with Crippen LogP contribution in [-0.4, -0.2) is 61.5 Å². The monoisotopic (exact) mass is 379 g/mol. The van der Waals surface area contributed by atoms with E-state index in [1.54, 1.807) is 12.1 Å². The summed E-state index contributed by atoms with van der Waals surface area (Å²) in [7, 11) is -0.0917. The lowest BCUT2D eigenvalue weighted by Crippen LogP contribution is -2.44. The van der Waals surface area contributed by atoms with Crippen LogP contribution >= 0.6 is 0 Å². The standard InChI is InChI=1S/C17H25N5O3S/c1-12-5-6-14(9-13(12)2)26(23,24)22(4)11-16-19-17(20-25-16)15-10-18-7-8-21(15)3/h5-6,9,15,18H,7-8,10-11H2,1-4H3. The molecule has 9 heteroatoms. The van der Waals surface area contributed by atoms with E-state index in [0.29, 0.717) is 5.82 Å². The van der Waals surface area contributed by atoms with E-state index in [9.17, 15) is 8.42 Å². The van der Waals surface area contributed by atoms with Crippen molar-refractivity contribution >= 4 is 10.0 Å². The molecule has 1 fully saturated rings. The Morgan fingerprint density at radius 1 is 1.35 bits per heavy atom. The topological polar surface area (TPSA) is 91.6 Å². The van der Waals surface area contributed by atoms with E-state index < -0.39 is 10.0 Å². The van der Waals surface area contributed by atoms with E-state index in [2.05, 4.69) is 20.4 Å². The quantitative estimate of drug-likeness (QED) is 0.831. The van der Waals surface area contributed by atoms with Gasteiger partial charge >= 0.3 is 0 Å². The lowest BCUT2D eigenvalue weighted by molar-refractivity contribution is 0.190. The molecule has 0 aliphatic carbocycles. The number of hydrogen-bond donors (Lipinski definition) is 1. The molecule has 3 rings (SSSR count). The van der Waals surface area contributed by atoms with Crippen LogP contribution in [0.25, 0.3) is 0 Å². The summed E-state index contributed by atoms with van der Waals surface area (Å²) in [6.07, 6.45) is 0. The van der Waals surface area contributed by atoms with Crippen LogP contribution < -0.4 is 5.32 Å². The smallest absolute Gasteiger partial charge is 0.243 e. The Balaban J connectivity index is 1.75. The minimum atomic E-state index is -3.62. The third kappa shape index (κ3) is 3.80. The van der Waals surface area contributed by atoms with Gasteiger partial charge in [0, 0.05) is 26.7 Å². The molecular formula is C17H25N5O3S. The molecule has 1 N–H and O–H groups in total. The first kappa shape index (κ1) is 19.0. The van der Waals surface area contributed by atoms with E-state index in [0.717, 1.165) is 30.8 Å². The van der Waals surface area contributed by atoms with Crippen LogP contribution in [0.5, 0.6) is 0 Å². The summed E-state index contributed by atoms with van der Waals surface area (Å²) in [6, 6.07) is 5.15. The number of aryl methyl sites for hydroxylation is 2. The van der Waals surface area contributed by atoms with E-state index >= 15 is 0 Å². The Kier molecular flexibility index (Phi) is 5.42. The fourth-order valence-electron chi connectivity index (χ4n) is 2.89. The van der Waals surface area contributed by atoms with Gasteiger partial charge in [0.1, 0.15) is 0 Å². The third-order valence-electron chi connectivity index (χ3n) is 4.84. The molecule has 2 heterocycles. The first-order chi connectivity index (χ1) is 12.3. The SMILES string of the molecule is Cc1ccc(S(=O)(=O)N(C)Cc2nc(C3CNCCN3C)no2)cc1C. The van der Waals surface area contributed by atoms with Crippen LogP contribution in [0.15, 0.2) is 27.6 Å². The molecule has 0 saturated carbocycles. The Bertz CT molecular complexity index is 880. The Labute approximate surface area is 154 Å². The van der Waals surface area contributed by atoms with Crippen molar-refractivity contribution in [3.05, 3.63) is 41.0 Å². The molecule has 0 radical (unpaired) electrons. The van der Waals surface area contributed by atoms with Gasteiger partial charge in [-0.1, -0.05) is 11.2 Å². The van der Waals surface area contributed by atoms with Crippen molar-refractivity contribution in [1.29, 1.82) is 0 Å². The van der Waals surface area contributed by atoms with Crippen molar-refractivity contribution in [2.24, 2.45) is 0 Å². The van der Waals surface area contributed by atoms with Gasteiger partial charge in [0.15, 0.2) is 5.82 Å². The number of rotatable bonds is 5. The average Bonchev–Trinajstić information content (AvgIpc) is 3.05. The number of benzene rings is 1. The summed E-state index contributed by atoms with van der Waals surface area (Å²) in [5.41, 5.74) is 1.99. The Morgan fingerprint density at radius 3 is 2.81 bits per heavy atom. The van der Waals surface area contributed by atoms with Crippen LogP contribution in [0.2, 0.25) is 0 Å². The minimum absolute atomic E-state index is 0.0305. The number of hydrogen-bond acceptors (Lipinski definition) is 7. The van der Waals surface area contributed by atoms with Crippen LogP contribution in [0.1, 0.15) is 28.9 Å². The zero-order valence-electron chi connectivity index (χ0n) is 15.6. The molecule has 0 bridgehead atoms. The summed E-state index contributed by atoms with van der Waals surface area (Å²) in [6.45, 7) is 6.45.